The van der Waals surface area contributed by atoms with E-state index in [2.05, 4.69) is 16.3 Å². The van der Waals surface area contributed by atoms with Gasteiger partial charge in [0.15, 0.2) is 0 Å². The molecule has 0 saturated carbocycles. The zero-order chi connectivity index (χ0) is 17.2. The minimum Gasteiger partial charge on any atom is -0.347 e. The number of rotatable bonds is 4. The molecule has 0 aliphatic carbocycles. The SMILES string of the molecule is N#Cc1ccc(Sc2ccc(C(=O)N[C@H]3CN4CCC3CC4)s2)cc1. The average molecular weight is 370 g/mol. The summed E-state index contributed by atoms with van der Waals surface area (Å²) in [5, 5.41) is 12.1. The van der Waals surface area contributed by atoms with Gasteiger partial charge in [-0.25, -0.2) is 0 Å². The van der Waals surface area contributed by atoms with Crippen LogP contribution in [0.25, 0.3) is 0 Å². The molecular weight excluding hydrogens is 350 g/mol. The third-order valence-electron chi connectivity index (χ3n) is 4.98. The molecule has 25 heavy (non-hydrogen) atoms. The largest absolute Gasteiger partial charge is 0.347 e. The van der Waals surface area contributed by atoms with E-state index in [4.69, 9.17) is 5.26 Å². The zero-order valence-electron chi connectivity index (χ0n) is 13.8. The number of nitriles is 1. The Hall–Kier alpha value is -1.81. The monoisotopic (exact) mass is 369 g/mol. The van der Waals surface area contributed by atoms with Gasteiger partial charge in [-0.2, -0.15) is 5.26 Å². The van der Waals surface area contributed by atoms with Crippen LogP contribution in [0.1, 0.15) is 28.1 Å². The molecule has 4 nitrogen and oxygen atoms in total. The van der Waals surface area contributed by atoms with Gasteiger partial charge in [0.1, 0.15) is 0 Å². The number of carbonyl (C=O) groups excluding carboxylic acids is 1. The summed E-state index contributed by atoms with van der Waals surface area (Å²) >= 11 is 3.15. The van der Waals surface area contributed by atoms with Crippen molar-refractivity contribution in [3.05, 3.63) is 46.8 Å². The number of hydrogen-bond donors (Lipinski definition) is 1. The van der Waals surface area contributed by atoms with Crippen molar-refractivity contribution in [2.45, 2.75) is 28.0 Å². The standard InChI is InChI=1S/C19H19N3OS2/c20-11-13-1-3-15(4-2-13)24-18-6-5-17(25-18)19(23)21-16-12-22-9-7-14(16)8-10-22/h1-6,14,16H,7-10,12H2,(H,21,23)/t16-/m0/s1. The molecule has 0 unspecified atom stereocenters. The number of amides is 1. The van der Waals surface area contributed by atoms with Crippen LogP contribution in [0.3, 0.4) is 0 Å². The molecule has 1 atom stereocenters. The molecule has 3 aliphatic heterocycles. The van der Waals surface area contributed by atoms with Crippen molar-refractivity contribution in [2.75, 3.05) is 19.6 Å². The molecule has 0 radical (unpaired) electrons. The van der Waals surface area contributed by atoms with Gasteiger partial charge in [-0.1, -0.05) is 11.8 Å². The molecule has 6 heteroatoms. The maximum absolute atomic E-state index is 12.6. The van der Waals surface area contributed by atoms with Crippen LogP contribution in [0.5, 0.6) is 0 Å². The Morgan fingerprint density at radius 3 is 2.60 bits per heavy atom. The number of nitrogens with one attached hydrogen (secondary N) is 1. The van der Waals surface area contributed by atoms with E-state index in [0.29, 0.717) is 17.5 Å². The minimum atomic E-state index is 0.0513. The Bertz CT molecular complexity index is 801. The molecule has 4 heterocycles. The first-order valence-electron chi connectivity index (χ1n) is 8.52. The summed E-state index contributed by atoms with van der Waals surface area (Å²) in [6, 6.07) is 13.8. The van der Waals surface area contributed by atoms with Gasteiger partial charge in [0.25, 0.3) is 5.91 Å². The predicted molar refractivity (Wildman–Crippen MR) is 100 cm³/mol. The van der Waals surface area contributed by atoms with Gasteiger partial charge in [0.2, 0.25) is 0 Å². The molecule has 1 N–H and O–H groups in total. The van der Waals surface area contributed by atoms with Gasteiger partial charge >= 0.3 is 0 Å². The predicted octanol–water partition coefficient (Wildman–Crippen LogP) is 3.59. The highest BCUT2D eigenvalue weighted by molar-refractivity contribution is 8.01. The summed E-state index contributed by atoms with van der Waals surface area (Å²) in [5.41, 5.74) is 0.660. The first-order chi connectivity index (χ1) is 12.2. The van der Waals surface area contributed by atoms with Crippen LogP contribution in [0.4, 0.5) is 0 Å². The maximum Gasteiger partial charge on any atom is 0.261 e. The van der Waals surface area contributed by atoms with Crippen molar-refractivity contribution >= 4 is 29.0 Å². The third kappa shape index (κ3) is 3.74. The highest BCUT2D eigenvalue weighted by atomic mass is 32.2. The minimum absolute atomic E-state index is 0.0513. The van der Waals surface area contributed by atoms with E-state index < -0.39 is 0 Å². The molecule has 128 valence electrons. The number of carbonyl (C=O) groups is 1. The van der Waals surface area contributed by atoms with Crippen molar-refractivity contribution in [3.63, 3.8) is 0 Å². The van der Waals surface area contributed by atoms with E-state index in [9.17, 15) is 4.79 Å². The quantitative estimate of drug-likeness (QED) is 0.895. The van der Waals surface area contributed by atoms with Crippen molar-refractivity contribution in [1.29, 1.82) is 5.26 Å². The van der Waals surface area contributed by atoms with Crippen molar-refractivity contribution in [1.82, 2.24) is 10.2 Å². The number of thiophene rings is 1. The van der Waals surface area contributed by atoms with Crippen LogP contribution in [-0.4, -0.2) is 36.5 Å². The van der Waals surface area contributed by atoms with E-state index in [1.807, 2.05) is 36.4 Å². The number of benzene rings is 1. The summed E-state index contributed by atoms with van der Waals surface area (Å²) < 4.78 is 1.09. The lowest BCUT2D eigenvalue weighted by atomic mass is 9.84. The molecule has 3 saturated heterocycles. The summed E-state index contributed by atoms with van der Waals surface area (Å²) in [5.74, 6) is 0.692. The van der Waals surface area contributed by atoms with Crippen molar-refractivity contribution in [2.24, 2.45) is 5.92 Å². The first-order valence-corrected chi connectivity index (χ1v) is 10.2. The molecule has 2 aromatic rings. The van der Waals surface area contributed by atoms with Crippen LogP contribution in [0.2, 0.25) is 0 Å². The molecule has 1 amide bonds. The van der Waals surface area contributed by atoms with Gasteiger partial charge in [0, 0.05) is 17.5 Å². The van der Waals surface area contributed by atoms with Crippen LogP contribution in [0.15, 0.2) is 45.5 Å². The molecule has 1 aromatic heterocycles. The second-order valence-corrected chi connectivity index (χ2v) is 9.03. The van der Waals surface area contributed by atoms with Crippen molar-refractivity contribution in [3.8, 4) is 6.07 Å². The van der Waals surface area contributed by atoms with Gasteiger partial charge in [-0.05, 0) is 68.2 Å². The number of nitrogens with zero attached hydrogens (tertiary/aromatic N) is 2. The lowest BCUT2D eigenvalue weighted by Crippen LogP contribution is -2.57. The fourth-order valence-electron chi connectivity index (χ4n) is 3.58. The lowest BCUT2D eigenvalue weighted by Gasteiger charge is -2.44. The zero-order valence-corrected chi connectivity index (χ0v) is 15.4. The number of piperidine rings is 3. The van der Waals surface area contributed by atoms with Crippen LogP contribution in [-0.2, 0) is 0 Å². The second-order valence-electron chi connectivity index (χ2n) is 6.57. The fraction of sp³-hybridized carbons (Fsp3) is 0.368. The van der Waals surface area contributed by atoms with E-state index in [-0.39, 0.29) is 5.91 Å². The van der Waals surface area contributed by atoms with Gasteiger partial charge in [-0.15, -0.1) is 11.3 Å². The van der Waals surface area contributed by atoms with Gasteiger partial charge < -0.3 is 10.2 Å². The Kier molecular flexibility index (Phi) is 4.80. The molecule has 5 rings (SSSR count). The Balaban J connectivity index is 1.38. The fourth-order valence-corrected chi connectivity index (χ4v) is 5.58. The molecule has 1 aromatic carbocycles. The summed E-state index contributed by atoms with van der Waals surface area (Å²) in [7, 11) is 0. The highest BCUT2D eigenvalue weighted by Crippen LogP contribution is 2.34. The third-order valence-corrected chi connectivity index (χ3v) is 7.20. The molecule has 0 spiro atoms. The molecule has 3 aliphatic rings. The van der Waals surface area contributed by atoms with Crippen LogP contribution >= 0.6 is 23.1 Å². The van der Waals surface area contributed by atoms with Gasteiger partial charge in [-0.3, -0.25) is 4.79 Å². The number of hydrogen-bond acceptors (Lipinski definition) is 5. The van der Waals surface area contributed by atoms with E-state index in [1.165, 1.54) is 37.3 Å². The second kappa shape index (κ2) is 7.20. The lowest BCUT2D eigenvalue weighted by molar-refractivity contribution is 0.0622. The summed E-state index contributed by atoms with van der Waals surface area (Å²) in [4.78, 5) is 16.9. The smallest absolute Gasteiger partial charge is 0.261 e. The Labute approximate surface area is 155 Å². The van der Waals surface area contributed by atoms with Crippen LogP contribution < -0.4 is 5.32 Å². The highest BCUT2D eigenvalue weighted by Gasteiger charge is 2.35. The van der Waals surface area contributed by atoms with E-state index >= 15 is 0 Å². The normalized spacial score (nSPS) is 24.7. The summed E-state index contributed by atoms with van der Waals surface area (Å²) in [6.45, 7) is 3.36. The van der Waals surface area contributed by atoms with Crippen LogP contribution in [0, 0.1) is 17.2 Å². The molecule has 3 fully saturated rings. The molecule has 2 bridgehead atoms. The summed E-state index contributed by atoms with van der Waals surface area (Å²) in [6.07, 6.45) is 2.41. The first kappa shape index (κ1) is 16.6. The van der Waals surface area contributed by atoms with Gasteiger partial charge in [0.05, 0.1) is 20.7 Å². The Morgan fingerprint density at radius 1 is 1.20 bits per heavy atom. The maximum atomic E-state index is 12.6. The topological polar surface area (TPSA) is 56.1 Å². The Morgan fingerprint density at radius 2 is 1.96 bits per heavy atom. The van der Waals surface area contributed by atoms with Crippen molar-refractivity contribution < 1.29 is 4.79 Å². The van der Waals surface area contributed by atoms with E-state index in [1.54, 1.807) is 11.8 Å². The molecular formula is C19H19N3OS2. The van der Waals surface area contributed by atoms with E-state index in [0.717, 1.165) is 20.5 Å². The number of fused-ring (bicyclic) bond motifs is 3. The average Bonchev–Trinajstić information content (AvgIpc) is 3.12.